The van der Waals surface area contributed by atoms with Crippen molar-refractivity contribution in [2.45, 2.75) is 171 Å². The monoisotopic (exact) mass is 1170 g/mol. The first-order chi connectivity index (χ1) is 40.3. The van der Waals surface area contributed by atoms with Crippen molar-refractivity contribution in [3.63, 3.8) is 0 Å². The molecule has 4 aliphatic rings. The minimum atomic E-state index is -5.41. The number of aliphatic hydroxyl groups excluding tert-OH is 1. The van der Waals surface area contributed by atoms with Crippen molar-refractivity contribution in [1.29, 1.82) is 5.31 Å². The minimum absolute atomic E-state index is 0.00808. The second-order valence-electron chi connectivity index (χ2n) is 20.9. The van der Waals surface area contributed by atoms with Crippen LogP contribution in [0.25, 0.3) is 0 Å². The van der Waals surface area contributed by atoms with E-state index in [4.69, 9.17) is 54.0 Å². The van der Waals surface area contributed by atoms with Gasteiger partial charge in [-0.25, -0.2) is 4.79 Å². The van der Waals surface area contributed by atoms with Gasteiger partial charge in [-0.1, -0.05) is 67.6 Å². The molecule has 6 unspecified atom stereocenters. The van der Waals surface area contributed by atoms with Crippen LogP contribution in [0.3, 0.4) is 0 Å². The Balaban J connectivity index is 1.35. The third-order valence-corrected chi connectivity index (χ3v) is 15.2. The number of halogens is 3. The quantitative estimate of drug-likeness (QED) is 0.0364. The molecular formula is C55H72BF3N6O18. The van der Waals surface area contributed by atoms with Crippen LogP contribution in [0.1, 0.15) is 95.1 Å². The van der Waals surface area contributed by atoms with Crippen LogP contribution >= 0.6 is 0 Å². The Morgan fingerprint density at radius 3 is 2.17 bits per heavy atom. The Hall–Kier alpha value is -6.24. The van der Waals surface area contributed by atoms with E-state index in [0.29, 0.717) is 20.1 Å². The number of esters is 1. The summed E-state index contributed by atoms with van der Waals surface area (Å²) in [5, 5.41) is 26.6. The molecule has 0 radical (unpaired) electrons. The first-order valence-corrected chi connectivity index (χ1v) is 27.5. The molecule has 7 N–H and O–H groups in total. The number of H-pyrrole nitrogens is 2. The van der Waals surface area contributed by atoms with Crippen LogP contribution in [0.5, 0.6) is 0 Å². The van der Waals surface area contributed by atoms with Crippen molar-refractivity contribution >= 4 is 36.9 Å². The number of benzene rings is 2. The molecule has 3 aromatic rings. The van der Waals surface area contributed by atoms with E-state index in [-0.39, 0.29) is 57.8 Å². The number of amides is 3. The molecule has 2 aliphatic heterocycles. The van der Waals surface area contributed by atoms with Gasteiger partial charge in [0.1, 0.15) is 11.8 Å². The Labute approximate surface area is 478 Å². The predicted molar refractivity (Wildman–Crippen MR) is 284 cm³/mol. The summed E-state index contributed by atoms with van der Waals surface area (Å²) in [4.78, 5) is 97.2. The third kappa shape index (κ3) is 17.9. The maximum absolute atomic E-state index is 14.3. The molecular weight excluding hydrogens is 1100 g/mol. The van der Waals surface area contributed by atoms with Crippen molar-refractivity contribution in [2.24, 2.45) is 17.8 Å². The molecule has 0 spiro atoms. The number of hydrogen-bond acceptors (Lipinski definition) is 19. The van der Waals surface area contributed by atoms with Gasteiger partial charge in [0.15, 0.2) is 0 Å². The number of carbonyl (C=O) groups excluding carboxylic acids is 5. The zero-order valence-electron chi connectivity index (χ0n) is 47.1. The second kappa shape index (κ2) is 30.5. The number of aliphatic hydroxyl groups is 1. The molecule has 24 nitrogen and oxygen atoms in total. The zero-order chi connectivity index (χ0) is 60.5. The van der Waals surface area contributed by atoms with Gasteiger partial charge >= 0.3 is 265 Å². The Morgan fingerprint density at radius 2 is 1.54 bits per heavy atom. The summed E-state index contributed by atoms with van der Waals surface area (Å²) >= 11 is 0. The van der Waals surface area contributed by atoms with E-state index in [0.717, 1.165) is 43.6 Å². The van der Waals surface area contributed by atoms with Gasteiger partial charge < -0.3 is 23.9 Å². The van der Waals surface area contributed by atoms with E-state index in [2.05, 4.69) is 15.6 Å². The SMILES string of the molecule is [3H]CCOC[C@@H]1O[C@@H](O[C@@H]2CC(C(=O)OC)CC(NC(=O)c3cc(=O)[nH]c(=O)[nH]3)[C@H]2O[C@@H]2OC(C)[C@@H](C)[C@H](OCc3ccccc3)C2OCc2ccccc2)C(NC(=O)CNC(=O)C(F)(F)F)C(O[C@@H](CC2CCCCC2)C(=O)OB=N)[C@H]1O. The van der Waals surface area contributed by atoms with E-state index in [1.54, 1.807) is 6.92 Å². The van der Waals surface area contributed by atoms with Crippen LogP contribution in [0, 0.1) is 23.1 Å². The molecule has 3 heterocycles. The Kier molecular flexibility index (Phi) is 23.1. The third-order valence-electron chi connectivity index (χ3n) is 15.2. The number of rotatable bonds is 25. The van der Waals surface area contributed by atoms with Gasteiger partial charge in [0.05, 0.1) is 32.5 Å². The first kappa shape index (κ1) is 62.8. The zero-order valence-corrected chi connectivity index (χ0v) is 46.1. The van der Waals surface area contributed by atoms with Gasteiger partial charge in [-0.3, -0.25) is 19.4 Å². The van der Waals surface area contributed by atoms with Gasteiger partial charge in [0.2, 0.25) is 0 Å². The maximum atomic E-state index is 14.3. The van der Waals surface area contributed by atoms with E-state index < -0.39 is 151 Å². The number of hydrogen-bond donors (Lipinski definition) is 7. The van der Waals surface area contributed by atoms with Gasteiger partial charge in [-0.05, 0) is 18.1 Å². The molecule has 2 saturated carbocycles. The molecule has 4 fully saturated rings. The molecule has 1 aromatic heterocycles. The van der Waals surface area contributed by atoms with Gasteiger partial charge in [0, 0.05) is 12.0 Å². The molecule has 83 heavy (non-hydrogen) atoms. The van der Waals surface area contributed by atoms with Crippen molar-refractivity contribution < 1.29 is 90.9 Å². The summed E-state index contributed by atoms with van der Waals surface area (Å²) in [6.45, 7) is 1.61. The molecule has 7 rings (SSSR count). The summed E-state index contributed by atoms with van der Waals surface area (Å²) in [7, 11) is 1.49. The van der Waals surface area contributed by atoms with Crippen LogP contribution in [0.15, 0.2) is 76.3 Å². The van der Waals surface area contributed by atoms with Crippen molar-refractivity contribution in [2.75, 3.05) is 26.9 Å². The number of aromatic nitrogens is 2. The topological polar surface area (TPSA) is 324 Å². The van der Waals surface area contributed by atoms with Crippen LogP contribution in [0.4, 0.5) is 13.2 Å². The van der Waals surface area contributed by atoms with Crippen LogP contribution in [-0.2, 0) is 79.7 Å². The van der Waals surface area contributed by atoms with Gasteiger partial charge in [-0.15, -0.1) is 0 Å². The molecule has 3 amide bonds. The fourth-order valence-corrected chi connectivity index (χ4v) is 10.8. The normalized spacial score (nSPS) is 29.0. The number of ether oxygens (including phenoxy) is 9. The van der Waals surface area contributed by atoms with Crippen molar-refractivity contribution in [1.82, 2.24) is 25.9 Å². The number of carbonyl (C=O) groups is 5. The molecule has 2 aliphatic carbocycles. The van der Waals surface area contributed by atoms with Crippen LogP contribution in [-0.4, -0.2) is 165 Å². The van der Waals surface area contributed by atoms with E-state index in [1.165, 1.54) is 5.32 Å². The molecule has 0 bridgehead atoms. The fraction of sp³-hybridized carbons (Fsp3) is 0.618. The summed E-state index contributed by atoms with van der Waals surface area (Å²) < 4.78 is 111. The second-order valence-corrected chi connectivity index (χ2v) is 20.9. The van der Waals surface area contributed by atoms with E-state index in [9.17, 15) is 51.8 Å². The van der Waals surface area contributed by atoms with Gasteiger partial charge in [-0.2, -0.15) is 13.2 Å². The molecule has 15 atom stereocenters. The first-order valence-electron chi connectivity index (χ1n) is 28.2. The number of aromatic amines is 2. The van der Waals surface area contributed by atoms with Gasteiger partial charge in [0.25, 0.3) is 11.5 Å². The summed E-state index contributed by atoms with van der Waals surface area (Å²) in [5.74, 6) is -8.35. The Bertz CT molecular complexity index is 2740. The summed E-state index contributed by atoms with van der Waals surface area (Å²) in [6, 6.07) is 16.1. The van der Waals surface area contributed by atoms with E-state index >= 15 is 0 Å². The predicted octanol–water partition coefficient (Wildman–Crippen LogP) is 3.00. The molecule has 454 valence electrons. The average Bonchev–Trinajstić information content (AvgIpc) is 3.67. The van der Waals surface area contributed by atoms with Crippen LogP contribution in [0.2, 0.25) is 0 Å². The van der Waals surface area contributed by atoms with Crippen molar-refractivity contribution in [3.8, 4) is 0 Å². The average molecular weight is 1180 g/mol. The standard InChI is InChI=1S/C55H72BF3N6O18/c1-5-75-28-39-43(68)46(79-38(50(71)83-56-60)21-31-15-9-6-10-16-31)42(64-41(67)25-61-53(72)55(57,58)59)51(81-39)80-37-23-34(49(70)74-4)22-35(62-48(69)36-24-40(66)65-54(73)63-36)45(37)82-52-47(77-27-33-19-13-8-14-20-33)44(29(2)30(3)78-52)76-26-32-17-11-7-12-18-32/h7-8,11-14,17-20,24,29-31,34-35,37-39,42-47,51-52,60,68H,5-6,9-10,15-16,21-23,25-28H2,1-4H3,(H,61,72)(H,62,69)(H,64,67)(H2,63,65,66,73)/t29-,30?,34?,35?,37-,38+,39+,42?,43+,44+,45-,46?,47?,51-,52+/m1/s1/i1T. The summed E-state index contributed by atoms with van der Waals surface area (Å²) in [6.07, 6.45) is -17.9. The number of nitrogens with one attached hydrogen (secondary N) is 6. The fourth-order valence-electron chi connectivity index (χ4n) is 10.8. The number of methoxy groups -OCH3 is 1. The molecule has 2 saturated heterocycles. The van der Waals surface area contributed by atoms with Crippen molar-refractivity contribution in [3.05, 3.63) is 104 Å². The number of alkyl halides is 3. The Morgan fingerprint density at radius 1 is 0.867 bits per heavy atom. The molecule has 28 heteroatoms. The van der Waals surface area contributed by atoms with E-state index in [1.807, 2.05) is 72.6 Å². The molecule has 2 aromatic carbocycles. The summed E-state index contributed by atoms with van der Waals surface area (Å²) in [5.41, 5.74) is -0.865. The van der Waals surface area contributed by atoms with Crippen LogP contribution < -0.4 is 27.2 Å².